The zero-order valence-corrected chi connectivity index (χ0v) is 13.5. The smallest absolute Gasteiger partial charge is 0.147 e. The topological polar surface area (TPSA) is 34.0 Å². The summed E-state index contributed by atoms with van der Waals surface area (Å²) in [6.45, 7) is 9.76. The van der Waals surface area contributed by atoms with E-state index in [1.54, 1.807) is 6.07 Å². The number of nitrogens with zero attached hydrogens (tertiary/aromatic N) is 4. The van der Waals surface area contributed by atoms with Gasteiger partial charge in [0.1, 0.15) is 17.5 Å². The van der Waals surface area contributed by atoms with Crippen molar-refractivity contribution in [1.82, 2.24) is 19.7 Å². The van der Waals surface area contributed by atoms with E-state index in [-0.39, 0.29) is 5.82 Å². The van der Waals surface area contributed by atoms with Crippen molar-refractivity contribution in [2.24, 2.45) is 5.92 Å². The fourth-order valence-electron chi connectivity index (χ4n) is 2.98. The van der Waals surface area contributed by atoms with Crippen molar-refractivity contribution in [2.75, 3.05) is 6.54 Å². The molecule has 2 aromatic rings. The monoisotopic (exact) mass is 302 g/mol. The number of hydrogen-bond acceptors (Lipinski definition) is 3. The first-order valence-corrected chi connectivity index (χ1v) is 7.91. The van der Waals surface area contributed by atoms with E-state index in [1.165, 1.54) is 0 Å². The standard InChI is InChI=1S/C17H23FN4/c1-12(2)8-16-19-20-17-11-21(6-7-22(16)17)10-14-4-5-15(18)13(3)9-14/h4-5,9,12H,6-8,10-11H2,1-3H3. The third kappa shape index (κ3) is 3.19. The van der Waals surface area contributed by atoms with Gasteiger partial charge in [0.05, 0.1) is 6.54 Å². The lowest BCUT2D eigenvalue weighted by Crippen LogP contribution is -2.34. The minimum atomic E-state index is -0.138. The molecule has 3 rings (SSSR count). The van der Waals surface area contributed by atoms with Crippen molar-refractivity contribution in [1.29, 1.82) is 0 Å². The lowest BCUT2D eigenvalue weighted by molar-refractivity contribution is 0.206. The van der Waals surface area contributed by atoms with Gasteiger partial charge in [-0.15, -0.1) is 10.2 Å². The SMILES string of the molecule is Cc1cc(CN2CCn3c(CC(C)C)nnc3C2)ccc1F. The van der Waals surface area contributed by atoms with Gasteiger partial charge in [-0.25, -0.2) is 4.39 Å². The summed E-state index contributed by atoms with van der Waals surface area (Å²) in [6.07, 6.45) is 0.976. The van der Waals surface area contributed by atoms with Gasteiger partial charge >= 0.3 is 0 Å². The molecular weight excluding hydrogens is 279 g/mol. The van der Waals surface area contributed by atoms with Gasteiger partial charge in [-0.2, -0.15) is 0 Å². The van der Waals surface area contributed by atoms with Crippen LogP contribution in [0, 0.1) is 18.7 Å². The Morgan fingerprint density at radius 1 is 1.23 bits per heavy atom. The molecule has 0 saturated carbocycles. The Morgan fingerprint density at radius 2 is 2.05 bits per heavy atom. The van der Waals surface area contributed by atoms with Crippen molar-refractivity contribution in [3.8, 4) is 0 Å². The van der Waals surface area contributed by atoms with Gasteiger partial charge in [0.25, 0.3) is 0 Å². The molecule has 1 aromatic heterocycles. The van der Waals surface area contributed by atoms with Crippen LogP contribution in [-0.2, 0) is 26.1 Å². The highest BCUT2D eigenvalue weighted by Crippen LogP contribution is 2.18. The first kappa shape index (κ1) is 15.2. The van der Waals surface area contributed by atoms with Crippen LogP contribution in [0.2, 0.25) is 0 Å². The first-order chi connectivity index (χ1) is 10.5. The Bertz CT molecular complexity index is 663. The van der Waals surface area contributed by atoms with Crippen LogP contribution in [-0.4, -0.2) is 26.2 Å². The van der Waals surface area contributed by atoms with E-state index < -0.39 is 0 Å². The number of benzene rings is 1. The quantitative estimate of drug-likeness (QED) is 0.871. The highest BCUT2D eigenvalue weighted by molar-refractivity contribution is 5.24. The zero-order chi connectivity index (χ0) is 15.7. The van der Waals surface area contributed by atoms with Crippen molar-refractivity contribution in [3.63, 3.8) is 0 Å². The predicted octanol–water partition coefficient (Wildman–Crippen LogP) is 2.94. The maximum Gasteiger partial charge on any atom is 0.147 e. The van der Waals surface area contributed by atoms with Crippen LogP contribution in [0.5, 0.6) is 0 Å². The van der Waals surface area contributed by atoms with E-state index in [4.69, 9.17) is 0 Å². The molecule has 0 saturated heterocycles. The summed E-state index contributed by atoms with van der Waals surface area (Å²) < 4.78 is 15.6. The lowest BCUT2D eigenvalue weighted by atomic mass is 10.1. The maximum atomic E-state index is 13.3. The molecule has 1 aromatic carbocycles. The average molecular weight is 302 g/mol. The third-order valence-corrected chi connectivity index (χ3v) is 4.13. The van der Waals surface area contributed by atoms with E-state index in [2.05, 4.69) is 33.5 Å². The molecule has 1 aliphatic rings. The molecule has 0 N–H and O–H groups in total. The van der Waals surface area contributed by atoms with Gasteiger partial charge in [0.15, 0.2) is 0 Å². The van der Waals surface area contributed by atoms with E-state index in [9.17, 15) is 4.39 Å². The number of halogens is 1. The fraction of sp³-hybridized carbons (Fsp3) is 0.529. The van der Waals surface area contributed by atoms with Crippen molar-refractivity contribution >= 4 is 0 Å². The normalized spacial score (nSPS) is 15.3. The van der Waals surface area contributed by atoms with Crippen LogP contribution >= 0.6 is 0 Å². The minimum Gasteiger partial charge on any atom is -0.313 e. The van der Waals surface area contributed by atoms with Crippen molar-refractivity contribution in [3.05, 3.63) is 46.8 Å². The van der Waals surface area contributed by atoms with Gasteiger partial charge < -0.3 is 4.57 Å². The second-order valence-corrected chi connectivity index (χ2v) is 6.58. The molecule has 0 aliphatic carbocycles. The van der Waals surface area contributed by atoms with E-state index in [0.29, 0.717) is 11.5 Å². The third-order valence-electron chi connectivity index (χ3n) is 4.13. The van der Waals surface area contributed by atoms with Crippen LogP contribution in [0.15, 0.2) is 18.2 Å². The molecule has 2 heterocycles. The first-order valence-electron chi connectivity index (χ1n) is 7.91. The second-order valence-electron chi connectivity index (χ2n) is 6.58. The van der Waals surface area contributed by atoms with Crippen LogP contribution in [0.25, 0.3) is 0 Å². The Balaban J connectivity index is 1.69. The van der Waals surface area contributed by atoms with Gasteiger partial charge in [-0.05, 0) is 30.0 Å². The summed E-state index contributed by atoms with van der Waals surface area (Å²) in [5.41, 5.74) is 1.85. The lowest BCUT2D eigenvalue weighted by Gasteiger charge is -2.28. The average Bonchev–Trinajstić information content (AvgIpc) is 2.85. The number of fused-ring (bicyclic) bond motifs is 1. The molecule has 22 heavy (non-hydrogen) atoms. The Kier molecular flexibility index (Phi) is 4.25. The molecule has 0 bridgehead atoms. The molecule has 0 unspecified atom stereocenters. The van der Waals surface area contributed by atoms with Crippen LogP contribution < -0.4 is 0 Å². The molecule has 0 radical (unpaired) electrons. The number of rotatable bonds is 4. The second kappa shape index (κ2) is 6.16. The van der Waals surface area contributed by atoms with Gasteiger partial charge in [-0.1, -0.05) is 26.0 Å². The maximum absolute atomic E-state index is 13.3. The van der Waals surface area contributed by atoms with E-state index in [1.807, 2.05) is 19.1 Å². The summed E-state index contributed by atoms with van der Waals surface area (Å²) in [4.78, 5) is 2.34. The molecule has 5 heteroatoms. The van der Waals surface area contributed by atoms with E-state index in [0.717, 1.165) is 49.8 Å². The Hall–Kier alpha value is -1.75. The number of aryl methyl sites for hydroxylation is 1. The summed E-state index contributed by atoms with van der Waals surface area (Å²) >= 11 is 0. The summed E-state index contributed by atoms with van der Waals surface area (Å²) in [6, 6.07) is 5.35. The Labute approximate surface area is 131 Å². The van der Waals surface area contributed by atoms with Gasteiger partial charge in [-0.3, -0.25) is 4.90 Å². The van der Waals surface area contributed by atoms with Crippen molar-refractivity contribution < 1.29 is 4.39 Å². The minimum absolute atomic E-state index is 0.138. The largest absolute Gasteiger partial charge is 0.313 e. The van der Waals surface area contributed by atoms with E-state index >= 15 is 0 Å². The number of aromatic nitrogens is 3. The van der Waals surface area contributed by atoms with Gasteiger partial charge in [0, 0.05) is 26.1 Å². The highest BCUT2D eigenvalue weighted by Gasteiger charge is 2.21. The highest BCUT2D eigenvalue weighted by atomic mass is 19.1. The molecule has 0 spiro atoms. The molecule has 118 valence electrons. The van der Waals surface area contributed by atoms with Gasteiger partial charge in [0.2, 0.25) is 0 Å². The predicted molar refractivity (Wildman–Crippen MR) is 83.8 cm³/mol. The van der Waals surface area contributed by atoms with Crippen molar-refractivity contribution in [2.45, 2.75) is 46.8 Å². The molecule has 4 nitrogen and oxygen atoms in total. The zero-order valence-electron chi connectivity index (χ0n) is 13.5. The summed E-state index contributed by atoms with van der Waals surface area (Å²) in [5, 5.41) is 8.69. The van der Waals surface area contributed by atoms with Crippen LogP contribution in [0.4, 0.5) is 4.39 Å². The molecule has 1 aliphatic heterocycles. The molecule has 0 amide bonds. The number of hydrogen-bond donors (Lipinski definition) is 0. The fourth-order valence-corrected chi connectivity index (χ4v) is 2.98. The van der Waals surface area contributed by atoms with Crippen LogP contribution in [0.3, 0.4) is 0 Å². The summed E-state index contributed by atoms with van der Waals surface area (Å²) in [7, 11) is 0. The van der Waals surface area contributed by atoms with Crippen LogP contribution in [0.1, 0.15) is 36.6 Å². The summed E-state index contributed by atoms with van der Waals surface area (Å²) in [5.74, 6) is 2.59. The molecule has 0 fully saturated rings. The Morgan fingerprint density at radius 3 is 2.77 bits per heavy atom. The molecule has 0 atom stereocenters. The molecular formula is C17H23FN4.